The van der Waals surface area contributed by atoms with Crippen molar-refractivity contribution in [2.75, 3.05) is 24.6 Å². The van der Waals surface area contributed by atoms with Crippen molar-refractivity contribution in [3.63, 3.8) is 0 Å². The van der Waals surface area contributed by atoms with Gasteiger partial charge in [0.05, 0.1) is 18.4 Å². The Balaban J connectivity index is 1.49. The molecule has 0 amide bonds. The molecule has 0 saturated heterocycles. The number of nitrogens with zero attached hydrogens (tertiary/aromatic N) is 3. The van der Waals surface area contributed by atoms with Crippen molar-refractivity contribution >= 4 is 5.69 Å². The molecule has 0 bridgehead atoms. The first-order valence-corrected chi connectivity index (χ1v) is 11.8. The molecule has 0 unspecified atom stereocenters. The van der Waals surface area contributed by atoms with E-state index in [9.17, 15) is 8.78 Å². The monoisotopic (exact) mass is 464 g/mol. The number of hydrogen-bond acceptors (Lipinski definition) is 5. The third-order valence-electron chi connectivity index (χ3n) is 6.75. The van der Waals surface area contributed by atoms with Crippen molar-refractivity contribution in [1.82, 2.24) is 15.3 Å². The summed E-state index contributed by atoms with van der Waals surface area (Å²) < 4.78 is 35.3. The molecule has 3 heterocycles. The zero-order valence-electron chi connectivity index (χ0n) is 20.1. The lowest BCUT2D eigenvalue weighted by Gasteiger charge is -2.34. The van der Waals surface area contributed by atoms with Crippen LogP contribution < -0.4 is 15.0 Å². The number of rotatable bonds is 4. The number of nitrogens with one attached hydrogen (secondary N) is 1. The second-order valence-corrected chi connectivity index (χ2v) is 10.1. The lowest BCUT2D eigenvalue weighted by atomic mass is 9.78. The average Bonchev–Trinajstić information content (AvgIpc) is 2.79. The van der Waals surface area contributed by atoms with Crippen LogP contribution in [0.25, 0.3) is 11.3 Å². The Bertz CT molecular complexity index is 1240. The summed E-state index contributed by atoms with van der Waals surface area (Å²) in [5, 5.41) is 3.47. The summed E-state index contributed by atoms with van der Waals surface area (Å²) in [6.45, 7) is 11.4. The van der Waals surface area contributed by atoms with Gasteiger partial charge >= 0.3 is 0 Å². The van der Waals surface area contributed by atoms with Crippen molar-refractivity contribution in [2.24, 2.45) is 0 Å². The van der Waals surface area contributed by atoms with E-state index in [4.69, 9.17) is 4.74 Å². The summed E-state index contributed by atoms with van der Waals surface area (Å²) in [7, 11) is 0. The Morgan fingerprint density at radius 1 is 1.15 bits per heavy atom. The molecule has 5 nitrogen and oxygen atoms in total. The lowest BCUT2D eigenvalue weighted by Crippen LogP contribution is -2.38. The van der Waals surface area contributed by atoms with Crippen LogP contribution in [-0.2, 0) is 18.4 Å². The first-order chi connectivity index (χ1) is 16.2. The lowest BCUT2D eigenvalue weighted by molar-refractivity contribution is 0.287. The summed E-state index contributed by atoms with van der Waals surface area (Å²) in [6.07, 6.45) is 1.64. The van der Waals surface area contributed by atoms with Crippen LogP contribution in [0.3, 0.4) is 0 Å². The maximum absolute atomic E-state index is 14.9. The minimum Gasteiger partial charge on any atom is -0.486 e. The number of benzene rings is 2. The summed E-state index contributed by atoms with van der Waals surface area (Å²) in [6, 6.07) is 9.66. The zero-order valence-corrected chi connectivity index (χ0v) is 20.1. The molecule has 2 aromatic carbocycles. The van der Waals surface area contributed by atoms with Crippen molar-refractivity contribution < 1.29 is 13.5 Å². The third kappa shape index (κ3) is 4.13. The van der Waals surface area contributed by atoms with E-state index < -0.39 is 11.6 Å². The minimum atomic E-state index is -0.577. The standard InChI is InChI=1S/C27H30F2N4O/c1-16(2)33-7-8-34-26-21(28)11-18(12-23(26)33)25-22(29)14-31-24(32-25)10-17-5-6-20-19(9-17)13-30-15-27(20,3)4/h5-6,9,11-12,14,16,30H,7-8,10,13,15H2,1-4H3. The fourth-order valence-electron chi connectivity index (χ4n) is 5.02. The zero-order chi connectivity index (χ0) is 24.0. The van der Waals surface area contributed by atoms with Gasteiger partial charge in [0.15, 0.2) is 17.4 Å². The van der Waals surface area contributed by atoms with E-state index in [1.807, 2.05) is 13.8 Å². The third-order valence-corrected chi connectivity index (χ3v) is 6.75. The molecule has 5 rings (SSSR count). The SMILES string of the molecule is CC(C)N1CCOc2c(F)cc(-c3nc(Cc4ccc5c(c4)CNCC5(C)C)ncc3F)cc21. The van der Waals surface area contributed by atoms with E-state index in [1.54, 1.807) is 6.07 Å². The highest BCUT2D eigenvalue weighted by atomic mass is 19.1. The molecule has 178 valence electrons. The molecule has 0 radical (unpaired) electrons. The van der Waals surface area contributed by atoms with Crippen LogP contribution in [0.15, 0.2) is 36.5 Å². The van der Waals surface area contributed by atoms with Crippen LogP contribution in [0.4, 0.5) is 14.5 Å². The van der Waals surface area contributed by atoms with Crippen LogP contribution in [0.1, 0.15) is 50.2 Å². The van der Waals surface area contributed by atoms with Gasteiger partial charge in [0.25, 0.3) is 0 Å². The van der Waals surface area contributed by atoms with E-state index in [1.165, 1.54) is 23.4 Å². The van der Waals surface area contributed by atoms with E-state index in [0.29, 0.717) is 36.6 Å². The van der Waals surface area contributed by atoms with Gasteiger partial charge in [-0.2, -0.15) is 0 Å². The first-order valence-electron chi connectivity index (χ1n) is 11.8. The fraction of sp³-hybridized carbons (Fsp3) is 0.407. The Morgan fingerprint density at radius 3 is 2.76 bits per heavy atom. The topological polar surface area (TPSA) is 50.3 Å². The molecule has 3 aromatic rings. The number of ether oxygens (including phenoxy) is 1. The fourth-order valence-corrected chi connectivity index (χ4v) is 5.02. The predicted octanol–water partition coefficient (Wildman–Crippen LogP) is 5.00. The molecular weight excluding hydrogens is 434 g/mol. The molecule has 7 heteroatoms. The highest BCUT2D eigenvalue weighted by molar-refractivity contribution is 5.72. The quantitative estimate of drug-likeness (QED) is 0.589. The van der Waals surface area contributed by atoms with Gasteiger partial charge in [-0.25, -0.2) is 18.7 Å². The molecule has 1 aromatic heterocycles. The van der Waals surface area contributed by atoms with Crippen molar-refractivity contribution in [1.29, 1.82) is 0 Å². The maximum Gasteiger partial charge on any atom is 0.178 e. The van der Waals surface area contributed by atoms with Gasteiger partial charge < -0.3 is 15.0 Å². The number of aromatic nitrogens is 2. The molecule has 1 N–H and O–H groups in total. The molecule has 0 spiro atoms. The van der Waals surface area contributed by atoms with Gasteiger partial charge in [0.1, 0.15) is 18.1 Å². The molecule has 0 fully saturated rings. The van der Waals surface area contributed by atoms with Crippen LogP contribution >= 0.6 is 0 Å². The Labute approximate surface area is 199 Å². The van der Waals surface area contributed by atoms with Crippen molar-refractivity contribution in [2.45, 2.75) is 52.1 Å². The second-order valence-electron chi connectivity index (χ2n) is 10.1. The molecule has 0 atom stereocenters. The highest BCUT2D eigenvalue weighted by Gasteiger charge is 2.28. The van der Waals surface area contributed by atoms with Gasteiger partial charge in [-0.15, -0.1) is 0 Å². The summed E-state index contributed by atoms with van der Waals surface area (Å²) in [5.41, 5.74) is 4.85. The van der Waals surface area contributed by atoms with Crippen LogP contribution in [0.2, 0.25) is 0 Å². The minimum absolute atomic E-state index is 0.0791. The van der Waals surface area contributed by atoms with Gasteiger partial charge in [-0.05, 0) is 42.7 Å². The Kier molecular flexibility index (Phi) is 5.76. The average molecular weight is 465 g/mol. The maximum atomic E-state index is 14.9. The Morgan fingerprint density at radius 2 is 1.97 bits per heavy atom. The van der Waals surface area contributed by atoms with Gasteiger partial charge in [-0.1, -0.05) is 32.0 Å². The molecule has 0 aliphatic carbocycles. The summed E-state index contributed by atoms with van der Waals surface area (Å²) in [5.74, 6) is -0.381. The van der Waals surface area contributed by atoms with Crippen LogP contribution in [-0.4, -0.2) is 35.7 Å². The predicted molar refractivity (Wildman–Crippen MR) is 129 cm³/mol. The van der Waals surface area contributed by atoms with E-state index in [2.05, 4.69) is 52.2 Å². The molecule has 0 saturated carbocycles. The number of halogens is 2. The van der Waals surface area contributed by atoms with Crippen molar-refractivity contribution in [3.05, 3.63) is 70.7 Å². The largest absolute Gasteiger partial charge is 0.486 e. The van der Waals surface area contributed by atoms with Crippen LogP contribution in [0, 0.1) is 11.6 Å². The second kappa shape index (κ2) is 8.62. The number of anilines is 1. The van der Waals surface area contributed by atoms with Crippen molar-refractivity contribution in [3.8, 4) is 17.0 Å². The van der Waals surface area contributed by atoms with Crippen LogP contribution in [0.5, 0.6) is 5.75 Å². The van der Waals surface area contributed by atoms with Gasteiger partial charge in [0.2, 0.25) is 0 Å². The van der Waals surface area contributed by atoms with E-state index >= 15 is 0 Å². The molecule has 34 heavy (non-hydrogen) atoms. The van der Waals surface area contributed by atoms with Gasteiger partial charge in [0, 0.05) is 36.5 Å². The number of hydrogen-bond donors (Lipinski definition) is 1. The number of fused-ring (bicyclic) bond motifs is 2. The van der Waals surface area contributed by atoms with Gasteiger partial charge in [-0.3, -0.25) is 0 Å². The normalized spacial score (nSPS) is 16.7. The summed E-state index contributed by atoms with van der Waals surface area (Å²) in [4.78, 5) is 10.8. The van der Waals surface area contributed by atoms with E-state index in [-0.39, 0.29) is 22.9 Å². The highest BCUT2D eigenvalue weighted by Crippen LogP contribution is 2.39. The molecular formula is C27H30F2N4O. The Hall–Kier alpha value is -3.06. The smallest absolute Gasteiger partial charge is 0.178 e. The molecule has 2 aliphatic rings. The first kappa shape index (κ1) is 22.7. The molecule has 2 aliphatic heterocycles. The summed E-state index contributed by atoms with van der Waals surface area (Å²) >= 11 is 0. The van der Waals surface area contributed by atoms with E-state index in [0.717, 1.165) is 18.7 Å².